The first-order valence-corrected chi connectivity index (χ1v) is 10.2. The predicted octanol–water partition coefficient (Wildman–Crippen LogP) is 3.10. The van der Waals surface area contributed by atoms with Crippen LogP contribution in [0.15, 0.2) is 48.5 Å². The van der Waals surface area contributed by atoms with Crippen molar-refractivity contribution >= 4 is 11.6 Å². The van der Waals surface area contributed by atoms with Crippen LogP contribution in [-0.4, -0.2) is 48.7 Å². The molecule has 1 fully saturated rings. The molecule has 6 heteroatoms. The zero-order valence-electron chi connectivity index (χ0n) is 17.1. The highest BCUT2D eigenvalue weighted by Crippen LogP contribution is 2.29. The van der Waals surface area contributed by atoms with Gasteiger partial charge in [0.05, 0.1) is 18.7 Å². The number of hydrogen-bond donors (Lipinski definition) is 2. The highest BCUT2D eigenvalue weighted by Gasteiger charge is 2.22. The van der Waals surface area contributed by atoms with Gasteiger partial charge in [0.1, 0.15) is 5.82 Å². The van der Waals surface area contributed by atoms with Crippen LogP contribution in [0.4, 0.5) is 10.1 Å². The number of benzene rings is 2. The van der Waals surface area contributed by atoms with Gasteiger partial charge in [-0.2, -0.15) is 0 Å². The van der Waals surface area contributed by atoms with Crippen molar-refractivity contribution in [1.29, 1.82) is 0 Å². The van der Waals surface area contributed by atoms with Crippen LogP contribution in [0.25, 0.3) is 0 Å². The van der Waals surface area contributed by atoms with E-state index >= 15 is 0 Å². The van der Waals surface area contributed by atoms with Gasteiger partial charge in [0.25, 0.3) is 0 Å². The molecule has 1 atom stereocenters. The highest BCUT2D eigenvalue weighted by molar-refractivity contribution is 5.78. The predicted molar refractivity (Wildman–Crippen MR) is 113 cm³/mol. The Kier molecular flexibility index (Phi) is 7.23. The van der Waals surface area contributed by atoms with E-state index in [1.54, 1.807) is 6.07 Å². The van der Waals surface area contributed by atoms with E-state index in [1.165, 1.54) is 12.1 Å². The standard InChI is InChI=1S/C23H30FN3O2/c1-17(25-23(29)16-26(2)15-18-6-4-3-5-7-18)21-14-19(24)8-9-22(21)27-12-10-20(28)11-13-27/h3-9,14,17,20,28H,10-13,15-16H2,1-2H3,(H,25,29)/t17-/m0/s1. The van der Waals surface area contributed by atoms with Gasteiger partial charge in [-0.25, -0.2) is 4.39 Å². The van der Waals surface area contributed by atoms with Gasteiger partial charge in [-0.3, -0.25) is 9.69 Å². The molecule has 29 heavy (non-hydrogen) atoms. The SMILES string of the molecule is C[C@H](NC(=O)CN(C)Cc1ccccc1)c1cc(F)ccc1N1CCC(O)CC1. The summed E-state index contributed by atoms with van der Waals surface area (Å²) in [6.45, 7) is 4.27. The molecular weight excluding hydrogens is 369 g/mol. The minimum absolute atomic E-state index is 0.0970. The Morgan fingerprint density at radius 3 is 2.62 bits per heavy atom. The molecule has 1 aliphatic heterocycles. The monoisotopic (exact) mass is 399 g/mol. The number of aliphatic hydroxyl groups excluding tert-OH is 1. The summed E-state index contributed by atoms with van der Waals surface area (Å²) in [5.74, 6) is -0.414. The lowest BCUT2D eigenvalue weighted by atomic mass is 10.0. The smallest absolute Gasteiger partial charge is 0.234 e. The fourth-order valence-electron chi connectivity index (χ4n) is 3.83. The summed E-state index contributed by atoms with van der Waals surface area (Å²) in [6, 6.07) is 14.4. The van der Waals surface area contributed by atoms with E-state index < -0.39 is 0 Å². The van der Waals surface area contributed by atoms with Gasteiger partial charge in [0, 0.05) is 30.9 Å². The molecular formula is C23H30FN3O2. The number of rotatable bonds is 7. The molecule has 1 aliphatic rings. The average molecular weight is 400 g/mol. The Balaban J connectivity index is 1.62. The van der Waals surface area contributed by atoms with Crippen molar-refractivity contribution in [2.45, 2.75) is 38.5 Å². The van der Waals surface area contributed by atoms with Gasteiger partial charge in [-0.05, 0) is 50.6 Å². The Morgan fingerprint density at radius 2 is 1.93 bits per heavy atom. The summed E-state index contributed by atoms with van der Waals surface area (Å²) >= 11 is 0. The average Bonchev–Trinajstić information content (AvgIpc) is 2.69. The third-order valence-electron chi connectivity index (χ3n) is 5.35. The fraction of sp³-hybridized carbons (Fsp3) is 0.435. The van der Waals surface area contributed by atoms with Gasteiger partial charge in [0.15, 0.2) is 0 Å². The number of hydrogen-bond acceptors (Lipinski definition) is 4. The first-order valence-electron chi connectivity index (χ1n) is 10.2. The molecule has 2 N–H and O–H groups in total. The Hall–Kier alpha value is -2.44. The topological polar surface area (TPSA) is 55.8 Å². The lowest BCUT2D eigenvalue weighted by molar-refractivity contribution is -0.122. The van der Waals surface area contributed by atoms with Crippen LogP contribution in [0.5, 0.6) is 0 Å². The van der Waals surface area contributed by atoms with Crippen LogP contribution < -0.4 is 10.2 Å². The van der Waals surface area contributed by atoms with Crippen LogP contribution >= 0.6 is 0 Å². The summed E-state index contributed by atoms with van der Waals surface area (Å²) in [5, 5.41) is 12.8. The van der Waals surface area contributed by atoms with Crippen LogP contribution in [0, 0.1) is 5.82 Å². The third kappa shape index (κ3) is 6.02. The van der Waals surface area contributed by atoms with E-state index in [-0.39, 0.29) is 30.4 Å². The number of likely N-dealkylation sites (N-methyl/N-ethyl adjacent to an activating group) is 1. The van der Waals surface area contributed by atoms with Crippen molar-refractivity contribution in [3.8, 4) is 0 Å². The van der Waals surface area contributed by atoms with Gasteiger partial charge in [0.2, 0.25) is 5.91 Å². The zero-order valence-corrected chi connectivity index (χ0v) is 17.1. The Labute approximate surface area is 172 Å². The number of amides is 1. The second-order valence-corrected chi connectivity index (χ2v) is 7.87. The maximum absolute atomic E-state index is 13.9. The molecule has 0 aromatic heterocycles. The summed E-state index contributed by atoms with van der Waals surface area (Å²) in [5.41, 5.74) is 2.83. The number of nitrogens with zero attached hydrogens (tertiary/aromatic N) is 2. The largest absolute Gasteiger partial charge is 0.393 e. The molecule has 1 amide bonds. The van der Waals surface area contributed by atoms with Crippen LogP contribution in [0.1, 0.15) is 36.9 Å². The molecule has 0 radical (unpaired) electrons. The van der Waals surface area contributed by atoms with Crippen molar-refractivity contribution in [2.24, 2.45) is 0 Å². The summed E-state index contributed by atoms with van der Waals surface area (Å²) < 4.78 is 13.9. The number of piperidine rings is 1. The molecule has 2 aromatic carbocycles. The molecule has 156 valence electrons. The van der Waals surface area contributed by atoms with E-state index in [9.17, 15) is 14.3 Å². The summed E-state index contributed by atoms with van der Waals surface area (Å²) in [6.07, 6.45) is 1.12. The molecule has 0 spiro atoms. The minimum Gasteiger partial charge on any atom is -0.393 e. The lowest BCUT2D eigenvalue weighted by Gasteiger charge is -2.34. The van der Waals surface area contributed by atoms with Gasteiger partial charge < -0.3 is 15.3 Å². The third-order valence-corrected chi connectivity index (χ3v) is 5.35. The Morgan fingerprint density at radius 1 is 1.24 bits per heavy atom. The van der Waals surface area contributed by atoms with Crippen molar-refractivity contribution in [3.05, 3.63) is 65.5 Å². The quantitative estimate of drug-likeness (QED) is 0.751. The van der Waals surface area contributed by atoms with E-state index in [2.05, 4.69) is 10.2 Å². The van der Waals surface area contributed by atoms with Crippen LogP contribution in [0.3, 0.4) is 0 Å². The van der Waals surface area contributed by atoms with Crippen molar-refractivity contribution < 1.29 is 14.3 Å². The summed E-state index contributed by atoms with van der Waals surface area (Å²) in [7, 11) is 1.91. The number of nitrogens with one attached hydrogen (secondary N) is 1. The molecule has 2 aromatic rings. The molecule has 1 saturated heterocycles. The van der Waals surface area contributed by atoms with E-state index in [1.807, 2.05) is 49.2 Å². The van der Waals surface area contributed by atoms with Gasteiger partial charge >= 0.3 is 0 Å². The second-order valence-electron chi connectivity index (χ2n) is 7.87. The van der Waals surface area contributed by atoms with Crippen molar-refractivity contribution in [3.63, 3.8) is 0 Å². The van der Waals surface area contributed by atoms with Crippen LogP contribution in [-0.2, 0) is 11.3 Å². The highest BCUT2D eigenvalue weighted by atomic mass is 19.1. The maximum atomic E-state index is 13.9. The number of carbonyl (C=O) groups excluding carboxylic acids is 1. The lowest BCUT2D eigenvalue weighted by Crippen LogP contribution is -2.38. The molecule has 0 aliphatic carbocycles. The fourth-order valence-corrected chi connectivity index (χ4v) is 3.83. The van der Waals surface area contributed by atoms with Crippen molar-refractivity contribution in [1.82, 2.24) is 10.2 Å². The zero-order chi connectivity index (χ0) is 20.8. The number of aliphatic hydroxyl groups is 1. The molecule has 0 bridgehead atoms. The Bertz CT molecular complexity index is 807. The van der Waals surface area contributed by atoms with E-state index in [0.717, 1.165) is 29.9 Å². The first kappa shape index (κ1) is 21.3. The first-order chi connectivity index (χ1) is 13.9. The normalized spacial score (nSPS) is 16.1. The van der Waals surface area contributed by atoms with E-state index in [0.29, 0.717) is 19.4 Å². The number of halogens is 1. The summed E-state index contributed by atoms with van der Waals surface area (Å²) in [4.78, 5) is 16.7. The van der Waals surface area contributed by atoms with E-state index in [4.69, 9.17) is 0 Å². The molecule has 1 heterocycles. The van der Waals surface area contributed by atoms with Gasteiger partial charge in [-0.15, -0.1) is 0 Å². The molecule has 0 unspecified atom stereocenters. The van der Waals surface area contributed by atoms with Crippen molar-refractivity contribution in [2.75, 3.05) is 31.6 Å². The van der Waals surface area contributed by atoms with Crippen LogP contribution in [0.2, 0.25) is 0 Å². The second kappa shape index (κ2) is 9.85. The molecule has 0 saturated carbocycles. The van der Waals surface area contributed by atoms with Gasteiger partial charge in [-0.1, -0.05) is 30.3 Å². The number of carbonyl (C=O) groups is 1. The molecule has 3 rings (SSSR count). The molecule has 5 nitrogen and oxygen atoms in total. The maximum Gasteiger partial charge on any atom is 0.234 e. The minimum atomic E-state index is -0.317. The number of anilines is 1.